The first-order valence-electron chi connectivity index (χ1n) is 9.01. The second-order valence-electron chi connectivity index (χ2n) is 6.35. The summed E-state index contributed by atoms with van der Waals surface area (Å²) in [6, 6.07) is 9.26. The summed E-state index contributed by atoms with van der Waals surface area (Å²) in [5.41, 5.74) is 1.03. The third-order valence-corrected chi connectivity index (χ3v) is 4.33. The molecular weight excluding hydrogens is 471 g/mol. The van der Waals surface area contributed by atoms with Crippen molar-refractivity contribution in [3.8, 4) is 23.1 Å². The lowest BCUT2D eigenvalue weighted by Gasteiger charge is -2.14. The number of ether oxygens (including phenoxy) is 3. The van der Waals surface area contributed by atoms with Crippen LogP contribution in [0.2, 0.25) is 0 Å². The molecule has 0 amide bonds. The Labute approximate surface area is 182 Å². The van der Waals surface area contributed by atoms with Crippen molar-refractivity contribution < 1.29 is 14.2 Å². The van der Waals surface area contributed by atoms with E-state index in [1.165, 1.54) is 12.8 Å². The quantitative estimate of drug-likeness (QED) is 0.329. The third-order valence-electron chi connectivity index (χ3n) is 4.33. The Bertz CT molecular complexity index is 757. The van der Waals surface area contributed by atoms with Crippen molar-refractivity contribution in [1.82, 2.24) is 15.6 Å². The Morgan fingerprint density at radius 2 is 1.82 bits per heavy atom. The molecule has 0 saturated heterocycles. The number of benzene rings is 1. The van der Waals surface area contributed by atoms with E-state index in [-0.39, 0.29) is 24.0 Å². The summed E-state index contributed by atoms with van der Waals surface area (Å²) in [5.74, 6) is 3.76. The number of hydrogen-bond donors (Lipinski definition) is 2. The van der Waals surface area contributed by atoms with Gasteiger partial charge in [-0.25, -0.2) is 4.98 Å². The molecule has 152 valence electrons. The number of para-hydroxylation sites is 1. The lowest BCUT2D eigenvalue weighted by Crippen LogP contribution is -2.37. The number of aromatic nitrogens is 1. The minimum atomic E-state index is 0. The van der Waals surface area contributed by atoms with Crippen LogP contribution in [0, 0.1) is 5.92 Å². The predicted octanol–water partition coefficient (Wildman–Crippen LogP) is 3.58. The van der Waals surface area contributed by atoms with E-state index in [9.17, 15) is 0 Å². The van der Waals surface area contributed by atoms with Gasteiger partial charge in [-0.3, -0.25) is 4.99 Å². The predicted molar refractivity (Wildman–Crippen MR) is 120 cm³/mol. The van der Waals surface area contributed by atoms with Crippen LogP contribution in [-0.4, -0.2) is 38.8 Å². The number of rotatable bonds is 8. The number of nitrogens with zero attached hydrogens (tertiary/aromatic N) is 2. The number of pyridine rings is 1. The molecule has 0 radical (unpaired) electrons. The monoisotopic (exact) mass is 498 g/mol. The first-order valence-corrected chi connectivity index (χ1v) is 9.01. The Morgan fingerprint density at radius 1 is 1.11 bits per heavy atom. The van der Waals surface area contributed by atoms with E-state index in [4.69, 9.17) is 14.2 Å². The van der Waals surface area contributed by atoms with E-state index in [1.54, 1.807) is 27.5 Å². The molecule has 1 heterocycles. The van der Waals surface area contributed by atoms with E-state index >= 15 is 0 Å². The molecule has 8 heteroatoms. The molecule has 0 bridgehead atoms. The number of guanidine groups is 1. The van der Waals surface area contributed by atoms with Gasteiger partial charge in [-0.15, -0.1) is 24.0 Å². The van der Waals surface area contributed by atoms with Crippen LogP contribution in [0.4, 0.5) is 0 Å². The second-order valence-corrected chi connectivity index (χ2v) is 6.35. The fourth-order valence-electron chi connectivity index (χ4n) is 2.57. The van der Waals surface area contributed by atoms with Crippen LogP contribution in [0.15, 0.2) is 41.5 Å². The van der Waals surface area contributed by atoms with Gasteiger partial charge in [0.05, 0.1) is 14.2 Å². The van der Waals surface area contributed by atoms with Crippen molar-refractivity contribution in [1.29, 1.82) is 0 Å². The van der Waals surface area contributed by atoms with Gasteiger partial charge in [0, 0.05) is 32.4 Å². The Hall–Kier alpha value is -2.23. The minimum Gasteiger partial charge on any atom is -0.493 e. The van der Waals surface area contributed by atoms with E-state index in [0.717, 1.165) is 24.0 Å². The summed E-state index contributed by atoms with van der Waals surface area (Å²) in [6.45, 7) is 1.61. The molecule has 2 aromatic rings. The van der Waals surface area contributed by atoms with E-state index in [2.05, 4.69) is 20.6 Å². The van der Waals surface area contributed by atoms with Crippen molar-refractivity contribution in [2.24, 2.45) is 10.9 Å². The summed E-state index contributed by atoms with van der Waals surface area (Å²) < 4.78 is 16.6. The van der Waals surface area contributed by atoms with Crippen molar-refractivity contribution in [2.45, 2.75) is 19.4 Å². The van der Waals surface area contributed by atoms with Crippen molar-refractivity contribution >= 4 is 29.9 Å². The average Bonchev–Trinajstić information content (AvgIpc) is 3.54. The standard InChI is InChI=1S/C20H26N4O3.HI/c1-21-20(23-11-14-7-8-14)24-13-15-9-10-18(22-12-15)27-19-16(25-2)5-4-6-17(19)26-3;/h4-6,9-10,12,14H,7-8,11,13H2,1-3H3,(H2,21,23,24);1H. The van der Waals surface area contributed by atoms with Crippen molar-refractivity contribution in [3.63, 3.8) is 0 Å². The molecule has 0 spiro atoms. The maximum Gasteiger partial charge on any atom is 0.219 e. The van der Waals surface area contributed by atoms with Crippen LogP contribution >= 0.6 is 24.0 Å². The summed E-state index contributed by atoms with van der Waals surface area (Å²) in [4.78, 5) is 8.62. The molecule has 28 heavy (non-hydrogen) atoms. The highest BCUT2D eigenvalue weighted by molar-refractivity contribution is 14.0. The Balaban J connectivity index is 0.00000280. The molecule has 0 aliphatic heterocycles. The highest BCUT2D eigenvalue weighted by Crippen LogP contribution is 2.39. The van der Waals surface area contributed by atoms with Gasteiger partial charge >= 0.3 is 0 Å². The summed E-state index contributed by atoms with van der Waals surface area (Å²) in [5, 5.41) is 6.63. The lowest BCUT2D eigenvalue weighted by atomic mass is 10.3. The summed E-state index contributed by atoms with van der Waals surface area (Å²) in [6.07, 6.45) is 4.40. The lowest BCUT2D eigenvalue weighted by molar-refractivity contribution is 0.342. The molecule has 0 atom stereocenters. The number of nitrogens with one attached hydrogen (secondary N) is 2. The molecule has 3 rings (SSSR count). The SMILES string of the molecule is CN=C(NCc1ccc(Oc2c(OC)cccc2OC)nc1)NCC1CC1.I. The zero-order valence-electron chi connectivity index (χ0n) is 16.4. The van der Waals surface area contributed by atoms with Crippen LogP contribution in [-0.2, 0) is 6.54 Å². The smallest absolute Gasteiger partial charge is 0.219 e. The highest BCUT2D eigenvalue weighted by Gasteiger charge is 2.21. The van der Waals surface area contributed by atoms with Gasteiger partial charge in [0.15, 0.2) is 17.5 Å². The van der Waals surface area contributed by atoms with Crippen LogP contribution in [0.1, 0.15) is 18.4 Å². The Kier molecular flexibility index (Phi) is 8.62. The topological polar surface area (TPSA) is 77.0 Å². The first kappa shape index (κ1) is 22.1. The van der Waals surface area contributed by atoms with Gasteiger partial charge in [0.25, 0.3) is 0 Å². The van der Waals surface area contributed by atoms with Crippen LogP contribution in [0.3, 0.4) is 0 Å². The molecule has 1 fully saturated rings. The molecule has 1 saturated carbocycles. The zero-order chi connectivity index (χ0) is 19.1. The van der Waals surface area contributed by atoms with Gasteiger partial charge in [-0.2, -0.15) is 0 Å². The van der Waals surface area contributed by atoms with Gasteiger partial charge < -0.3 is 24.8 Å². The van der Waals surface area contributed by atoms with Crippen LogP contribution in [0.5, 0.6) is 23.1 Å². The molecule has 1 aromatic heterocycles. The molecule has 1 aliphatic rings. The maximum atomic E-state index is 5.88. The second kappa shape index (κ2) is 10.9. The maximum absolute atomic E-state index is 5.88. The molecular formula is C20H27IN4O3. The fourth-order valence-corrected chi connectivity index (χ4v) is 2.57. The van der Waals surface area contributed by atoms with E-state index in [1.807, 2.05) is 30.3 Å². The van der Waals surface area contributed by atoms with E-state index < -0.39 is 0 Å². The molecule has 7 nitrogen and oxygen atoms in total. The van der Waals surface area contributed by atoms with Crippen LogP contribution in [0.25, 0.3) is 0 Å². The zero-order valence-corrected chi connectivity index (χ0v) is 18.7. The average molecular weight is 498 g/mol. The minimum absolute atomic E-state index is 0. The van der Waals surface area contributed by atoms with Crippen LogP contribution < -0.4 is 24.8 Å². The highest BCUT2D eigenvalue weighted by atomic mass is 127. The largest absolute Gasteiger partial charge is 0.493 e. The van der Waals surface area contributed by atoms with Crippen molar-refractivity contribution in [2.75, 3.05) is 27.8 Å². The summed E-state index contributed by atoms with van der Waals surface area (Å²) in [7, 11) is 4.96. The van der Waals surface area contributed by atoms with Crippen molar-refractivity contribution in [3.05, 3.63) is 42.1 Å². The number of aliphatic imine (C=N–C) groups is 1. The summed E-state index contributed by atoms with van der Waals surface area (Å²) >= 11 is 0. The normalized spacial score (nSPS) is 13.3. The molecule has 1 aliphatic carbocycles. The molecule has 1 aromatic carbocycles. The number of halogens is 1. The van der Waals surface area contributed by atoms with Gasteiger partial charge in [0.2, 0.25) is 11.6 Å². The number of methoxy groups -OCH3 is 2. The van der Waals surface area contributed by atoms with Gasteiger partial charge in [-0.1, -0.05) is 12.1 Å². The first-order chi connectivity index (χ1) is 13.2. The Morgan fingerprint density at radius 3 is 2.36 bits per heavy atom. The van der Waals surface area contributed by atoms with E-state index in [0.29, 0.717) is 29.7 Å². The molecule has 2 N–H and O–H groups in total. The third kappa shape index (κ3) is 6.15. The molecule has 0 unspecified atom stereocenters. The number of hydrogen-bond acceptors (Lipinski definition) is 5. The fraction of sp³-hybridized carbons (Fsp3) is 0.400. The van der Waals surface area contributed by atoms with Gasteiger partial charge in [0.1, 0.15) is 0 Å². The van der Waals surface area contributed by atoms with Gasteiger partial charge in [-0.05, 0) is 36.5 Å².